The standard InChI is InChI=1S/C8H14N2O6/c1-8(2,3)16-7(13)9-5(6(11)12)4-10(14)15/h5H,4H2,1-3H3,(H,9,13)(H,11,12)/t5-/m0/s1. The van der Waals surface area contributed by atoms with Crippen molar-refractivity contribution in [1.29, 1.82) is 0 Å². The predicted molar refractivity (Wildman–Crippen MR) is 52.7 cm³/mol. The molecule has 0 radical (unpaired) electrons. The fourth-order valence-electron chi connectivity index (χ4n) is 0.784. The zero-order valence-corrected chi connectivity index (χ0v) is 9.22. The third-order valence-electron chi connectivity index (χ3n) is 1.32. The van der Waals surface area contributed by atoms with Crippen LogP contribution in [0.4, 0.5) is 4.79 Å². The number of alkyl carbamates (subject to hydrolysis) is 1. The minimum Gasteiger partial charge on any atom is -0.480 e. The summed E-state index contributed by atoms with van der Waals surface area (Å²) >= 11 is 0. The van der Waals surface area contributed by atoms with Gasteiger partial charge in [0, 0.05) is 4.92 Å². The fraction of sp³-hybridized carbons (Fsp3) is 0.750. The third-order valence-corrected chi connectivity index (χ3v) is 1.32. The highest BCUT2D eigenvalue weighted by Crippen LogP contribution is 2.06. The summed E-state index contributed by atoms with van der Waals surface area (Å²) in [5, 5.41) is 20.6. The molecule has 1 amide bonds. The van der Waals surface area contributed by atoms with Crippen LogP contribution in [-0.4, -0.2) is 40.3 Å². The van der Waals surface area contributed by atoms with Gasteiger partial charge in [-0.1, -0.05) is 0 Å². The van der Waals surface area contributed by atoms with Crippen LogP contribution in [0.25, 0.3) is 0 Å². The minimum absolute atomic E-state index is 0.790. The molecule has 2 N–H and O–H groups in total. The van der Waals surface area contributed by atoms with Crippen LogP contribution in [0.5, 0.6) is 0 Å². The Hall–Kier alpha value is -1.86. The van der Waals surface area contributed by atoms with Gasteiger partial charge in [-0.2, -0.15) is 0 Å². The summed E-state index contributed by atoms with van der Waals surface area (Å²) < 4.78 is 4.76. The molecule has 92 valence electrons. The van der Waals surface area contributed by atoms with Crippen LogP contribution in [0.2, 0.25) is 0 Å². The molecular formula is C8H14N2O6. The monoisotopic (exact) mass is 234 g/mol. The maximum Gasteiger partial charge on any atom is 0.408 e. The lowest BCUT2D eigenvalue weighted by Gasteiger charge is -2.20. The van der Waals surface area contributed by atoms with Gasteiger partial charge in [-0.05, 0) is 20.8 Å². The van der Waals surface area contributed by atoms with Gasteiger partial charge in [0.05, 0.1) is 0 Å². The maximum absolute atomic E-state index is 11.1. The summed E-state index contributed by atoms with van der Waals surface area (Å²) in [6, 6.07) is -1.59. The van der Waals surface area contributed by atoms with E-state index in [1.165, 1.54) is 0 Å². The lowest BCUT2D eigenvalue weighted by Crippen LogP contribution is -2.47. The first-order valence-electron chi connectivity index (χ1n) is 4.46. The molecule has 0 saturated carbocycles. The number of ether oxygens (including phenoxy) is 1. The normalized spacial score (nSPS) is 12.7. The highest BCUT2D eigenvalue weighted by atomic mass is 16.6. The van der Waals surface area contributed by atoms with Crippen LogP contribution < -0.4 is 5.32 Å². The first kappa shape index (κ1) is 14.1. The molecule has 8 nitrogen and oxygen atoms in total. The average molecular weight is 234 g/mol. The number of nitro groups is 1. The third kappa shape index (κ3) is 6.57. The van der Waals surface area contributed by atoms with Gasteiger partial charge in [-0.15, -0.1) is 0 Å². The molecule has 0 aromatic rings. The Morgan fingerprint density at radius 3 is 2.31 bits per heavy atom. The molecule has 0 rings (SSSR count). The number of rotatable bonds is 4. The molecule has 0 heterocycles. The molecule has 0 aliphatic heterocycles. The van der Waals surface area contributed by atoms with E-state index in [9.17, 15) is 19.7 Å². The second-order valence-corrected chi connectivity index (χ2v) is 4.05. The molecule has 1 atom stereocenters. The summed E-state index contributed by atoms with van der Waals surface area (Å²) in [6.07, 6.45) is -0.998. The zero-order chi connectivity index (χ0) is 12.9. The molecule has 8 heteroatoms. The molecular weight excluding hydrogens is 220 g/mol. The smallest absolute Gasteiger partial charge is 0.408 e. The Morgan fingerprint density at radius 2 is 2.00 bits per heavy atom. The van der Waals surface area contributed by atoms with Crippen LogP contribution in [0, 0.1) is 10.1 Å². The number of hydrogen-bond acceptors (Lipinski definition) is 5. The van der Waals surface area contributed by atoms with Crippen molar-refractivity contribution in [2.45, 2.75) is 32.4 Å². The summed E-state index contributed by atoms with van der Waals surface area (Å²) in [5.41, 5.74) is -0.790. The van der Waals surface area contributed by atoms with E-state index in [1.54, 1.807) is 20.8 Å². The average Bonchev–Trinajstić information content (AvgIpc) is 1.97. The predicted octanol–water partition coefficient (Wildman–Crippen LogP) is 0.241. The summed E-state index contributed by atoms with van der Waals surface area (Å²) in [6.45, 7) is 3.89. The van der Waals surface area contributed by atoms with Gasteiger partial charge >= 0.3 is 12.1 Å². The Kier molecular flexibility index (Phi) is 4.67. The van der Waals surface area contributed by atoms with E-state index in [-0.39, 0.29) is 0 Å². The molecule has 0 spiro atoms. The molecule has 0 fully saturated rings. The fourth-order valence-corrected chi connectivity index (χ4v) is 0.784. The zero-order valence-electron chi connectivity index (χ0n) is 9.22. The van der Waals surface area contributed by atoms with E-state index in [0.29, 0.717) is 0 Å². The Bertz CT molecular complexity index is 295. The molecule has 0 aromatic carbocycles. The van der Waals surface area contributed by atoms with Crippen LogP contribution in [0.3, 0.4) is 0 Å². The maximum atomic E-state index is 11.1. The van der Waals surface area contributed by atoms with Crippen molar-refractivity contribution >= 4 is 12.1 Å². The number of amides is 1. The van der Waals surface area contributed by atoms with Crippen molar-refractivity contribution in [2.75, 3.05) is 6.54 Å². The molecule has 0 bridgehead atoms. The van der Waals surface area contributed by atoms with Crippen LogP contribution >= 0.6 is 0 Å². The molecule has 0 aliphatic rings. The van der Waals surface area contributed by atoms with E-state index >= 15 is 0 Å². The molecule has 0 saturated heterocycles. The molecule has 16 heavy (non-hydrogen) atoms. The van der Waals surface area contributed by atoms with Gasteiger partial charge in [-0.25, -0.2) is 9.59 Å². The van der Waals surface area contributed by atoms with E-state index in [2.05, 4.69) is 0 Å². The number of carbonyl (C=O) groups is 2. The quantitative estimate of drug-likeness (QED) is 0.531. The van der Waals surface area contributed by atoms with E-state index in [0.717, 1.165) is 0 Å². The topological polar surface area (TPSA) is 119 Å². The molecule has 0 aromatic heterocycles. The Balaban J connectivity index is 4.35. The highest BCUT2D eigenvalue weighted by Gasteiger charge is 2.27. The van der Waals surface area contributed by atoms with E-state index in [1.807, 2.05) is 5.32 Å². The van der Waals surface area contributed by atoms with E-state index in [4.69, 9.17) is 9.84 Å². The minimum atomic E-state index is -1.59. The number of carboxylic acids is 1. The Morgan fingerprint density at radius 1 is 1.50 bits per heavy atom. The van der Waals surface area contributed by atoms with Crippen LogP contribution in [-0.2, 0) is 9.53 Å². The molecule has 0 aliphatic carbocycles. The van der Waals surface area contributed by atoms with E-state index < -0.39 is 35.2 Å². The van der Waals surface area contributed by atoms with Crippen molar-refractivity contribution in [2.24, 2.45) is 0 Å². The number of aliphatic carboxylic acids is 1. The van der Waals surface area contributed by atoms with Gasteiger partial charge in [-0.3, -0.25) is 10.1 Å². The second-order valence-electron chi connectivity index (χ2n) is 4.05. The van der Waals surface area contributed by atoms with Gasteiger partial charge in [0.2, 0.25) is 6.54 Å². The van der Waals surface area contributed by atoms with Crippen LogP contribution in [0.15, 0.2) is 0 Å². The second kappa shape index (κ2) is 5.29. The van der Waals surface area contributed by atoms with Crippen molar-refractivity contribution in [3.05, 3.63) is 10.1 Å². The SMILES string of the molecule is CC(C)(C)OC(=O)N[C@@H](C[N+](=O)[O-])C(=O)O. The van der Waals surface area contributed by atoms with Gasteiger partial charge in [0.15, 0.2) is 6.04 Å². The Labute approximate surface area is 91.7 Å². The number of nitrogens with zero attached hydrogens (tertiary/aromatic N) is 1. The summed E-state index contributed by atoms with van der Waals surface area (Å²) in [4.78, 5) is 31.0. The van der Waals surface area contributed by atoms with Crippen LogP contribution in [0.1, 0.15) is 20.8 Å². The summed E-state index contributed by atoms with van der Waals surface area (Å²) in [7, 11) is 0. The largest absolute Gasteiger partial charge is 0.480 e. The van der Waals surface area contributed by atoms with Crippen molar-refractivity contribution in [1.82, 2.24) is 5.32 Å². The van der Waals surface area contributed by atoms with Crippen molar-refractivity contribution < 1.29 is 24.4 Å². The number of carbonyl (C=O) groups excluding carboxylic acids is 1. The lowest BCUT2D eigenvalue weighted by atomic mass is 10.2. The number of hydrogen-bond donors (Lipinski definition) is 2. The van der Waals surface area contributed by atoms with Crippen molar-refractivity contribution in [3.8, 4) is 0 Å². The first-order chi connectivity index (χ1) is 7.11. The number of nitrogens with one attached hydrogen (secondary N) is 1. The van der Waals surface area contributed by atoms with Gasteiger partial charge in [0.1, 0.15) is 5.60 Å². The number of carboxylic acid groups (broad SMARTS) is 1. The van der Waals surface area contributed by atoms with Crippen molar-refractivity contribution in [3.63, 3.8) is 0 Å². The highest BCUT2D eigenvalue weighted by molar-refractivity contribution is 5.80. The van der Waals surface area contributed by atoms with Gasteiger partial charge in [0.25, 0.3) is 0 Å². The molecule has 0 unspecified atom stereocenters. The lowest BCUT2D eigenvalue weighted by molar-refractivity contribution is -0.481. The first-order valence-corrected chi connectivity index (χ1v) is 4.46. The summed E-state index contributed by atoms with van der Waals surface area (Å²) in [5.74, 6) is -1.48. The van der Waals surface area contributed by atoms with Gasteiger partial charge < -0.3 is 15.2 Å².